The van der Waals surface area contributed by atoms with Crippen LogP contribution in [0.3, 0.4) is 0 Å². The Hall–Kier alpha value is -2.45. The van der Waals surface area contributed by atoms with Gasteiger partial charge in [0.25, 0.3) is 10.0 Å². The number of likely N-dealkylation sites (N-methyl/N-ethyl adjacent to an activating group) is 1. The molecule has 0 fully saturated rings. The van der Waals surface area contributed by atoms with E-state index in [9.17, 15) is 17.6 Å². The molecule has 0 aliphatic carbocycles. The van der Waals surface area contributed by atoms with Gasteiger partial charge in [0.15, 0.2) is 5.84 Å². The molecule has 9 heteroatoms. The van der Waals surface area contributed by atoms with E-state index in [4.69, 9.17) is 11.6 Å². The highest BCUT2D eigenvalue weighted by Gasteiger charge is 2.30. The van der Waals surface area contributed by atoms with Gasteiger partial charge in [0.2, 0.25) is 5.91 Å². The van der Waals surface area contributed by atoms with Gasteiger partial charge in [-0.1, -0.05) is 23.7 Å². The molecule has 0 saturated heterocycles. The van der Waals surface area contributed by atoms with Gasteiger partial charge in [0.1, 0.15) is 10.7 Å². The lowest BCUT2D eigenvalue weighted by molar-refractivity contribution is -0.116. The van der Waals surface area contributed by atoms with Crippen molar-refractivity contribution in [3.05, 3.63) is 58.9 Å². The van der Waals surface area contributed by atoms with Crippen molar-refractivity contribution in [2.45, 2.75) is 4.90 Å². The van der Waals surface area contributed by atoms with E-state index in [1.165, 1.54) is 30.1 Å². The first kappa shape index (κ1) is 17.4. The summed E-state index contributed by atoms with van der Waals surface area (Å²) in [5.74, 6) is -1.01. The molecule has 2 aromatic carbocycles. The normalized spacial score (nSPS) is 14.6. The number of halogens is 2. The first-order chi connectivity index (χ1) is 11.8. The summed E-state index contributed by atoms with van der Waals surface area (Å²) in [5.41, 5.74) is 0.416. The van der Waals surface area contributed by atoms with Crippen molar-refractivity contribution in [1.82, 2.24) is 4.90 Å². The molecule has 0 unspecified atom stereocenters. The Balaban J connectivity index is 1.77. The summed E-state index contributed by atoms with van der Waals surface area (Å²) < 4.78 is 41.5. The predicted molar refractivity (Wildman–Crippen MR) is 92.8 cm³/mol. The second kappa shape index (κ2) is 6.45. The summed E-state index contributed by atoms with van der Waals surface area (Å²) in [7, 11) is -2.23. The summed E-state index contributed by atoms with van der Waals surface area (Å²) >= 11 is 5.66. The molecule has 130 valence electrons. The Morgan fingerprint density at radius 3 is 2.72 bits per heavy atom. The van der Waals surface area contributed by atoms with Crippen molar-refractivity contribution in [2.75, 3.05) is 18.9 Å². The highest BCUT2D eigenvalue weighted by atomic mass is 35.5. The molecule has 0 saturated carbocycles. The smallest absolute Gasteiger partial charge is 0.285 e. The Labute approximate surface area is 149 Å². The number of rotatable bonds is 3. The van der Waals surface area contributed by atoms with Crippen LogP contribution in [0.1, 0.15) is 5.56 Å². The van der Waals surface area contributed by atoms with Gasteiger partial charge in [-0.3, -0.25) is 4.79 Å². The zero-order valence-electron chi connectivity index (χ0n) is 13.0. The van der Waals surface area contributed by atoms with Gasteiger partial charge < -0.3 is 10.2 Å². The number of amidine groups is 1. The van der Waals surface area contributed by atoms with Crippen molar-refractivity contribution >= 4 is 39.1 Å². The maximum atomic E-state index is 13.7. The van der Waals surface area contributed by atoms with Crippen LogP contribution in [-0.4, -0.2) is 38.7 Å². The van der Waals surface area contributed by atoms with Crippen molar-refractivity contribution in [2.24, 2.45) is 4.40 Å². The molecule has 0 radical (unpaired) electrons. The van der Waals surface area contributed by atoms with Crippen LogP contribution in [0.4, 0.5) is 10.1 Å². The molecule has 1 aliphatic heterocycles. The Bertz CT molecular complexity index is 992. The molecule has 6 nitrogen and oxygen atoms in total. The van der Waals surface area contributed by atoms with Gasteiger partial charge in [-0.15, -0.1) is 4.40 Å². The molecular weight excluding hydrogens is 369 g/mol. The maximum Gasteiger partial charge on any atom is 0.285 e. The predicted octanol–water partition coefficient (Wildman–Crippen LogP) is 2.50. The summed E-state index contributed by atoms with van der Waals surface area (Å²) in [6.07, 6.45) is 0. The molecule has 1 aliphatic rings. The van der Waals surface area contributed by atoms with Crippen LogP contribution < -0.4 is 5.32 Å². The number of nitrogens with one attached hydrogen (secondary N) is 1. The van der Waals surface area contributed by atoms with Crippen molar-refractivity contribution in [1.29, 1.82) is 0 Å². The number of carbonyl (C=O) groups excluding carboxylic acids is 1. The van der Waals surface area contributed by atoms with E-state index in [1.807, 2.05) is 0 Å². The molecule has 2 aromatic rings. The quantitative estimate of drug-likeness (QED) is 0.886. The maximum absolute atomic E-state index is 13.7. The summed E-state index contributed by atoms with van der Waals surface area (Å²) in [6.45, 7) is -0.204. The van der Waals surface area contributed by atoms with Crippen LogP contribution >= 0.6 is 11.6 Å². The van der Waals surface area contributed by atoms with Gasteiger partial charge in [0, 0.05) is 17.6 Å². The molecule has 1 N–H and O–H groups in total. The summed E-state index contributed by atoms with van der Waals surface area (Å²) in [4.78, 5) is 13.6. The third-order valence-electron chi connectivity index (χ3n) is 3.56. The zero-order valence-corrected chi connectivity index (χ0v) is 14.6. The summed E-state index contributed by atoms with van der Waals surface area (Å²) in [6, 6.07) is 10.3. The molecule has 0 bridgehead atoms. The van der Waals surface area contributed by atoms with Crippen LogP contribution in [0.15, 0.2) is 51.8 Å². The topological polar surface area (TPSA) is 78.8 Å². The molecule has 3 rings (SSSR count). The van der Waals surface area contributed by atoms with Crippen LogP contribution in [0.25, 0.3) is 0 Å². The highest BCUT2D eigenvalue weighted by Crippen LogP contribution is 2.27. The Morgan fingerprint density at radius 1 is 1.28 bits per heavy atom. The van der Waals surface area contributed by atoms with E-state index in [2.05, 4.69) is 9.71 Å². The Kier molecular flexibility index (Phi) is 4.49. The number of amides is 1. The number of hydrogen-bond acceptors (Lipinski definition) is 4. The van der Waals surface area contributed by atoms with Crippen LogP contribution in [0.2, 0.25) is 5.02 Å². The number of hydrogen-bond donors (Lipinski definition) is 1. The molecule has 1 amide bonds. The zero-order chi connectivity index (χ0) is 18.2. The minimum absolute atomic E-state index is 0.0100. The standard InChI is InChI=1S/C16H13ClFN3O3S/c1-21(9-15(22)19-13-7-6-10(17)8-12(13)18)16-11-4-2-3-5-14(11)25(23,24)20-16/h2-8H,9H2,1H3,(H,19,22). The lowest BCUT2D eigenvalue weighted by Gasteiger charge is -2.18. The fraction of sp³-hybridized carbons (Fsp3) is 0.125. The minimum atomic E-state index is -3.77. The molecule has 1 heterocycles. The van der Waals surface area contributed by atoms with Gasteiger partial charge in [-0.05, 0) is 30.3 Å². The van der Waals surface area contributed by atoms with Crippen LogP contribution in [-0.2, 0) is 14.8 Å². The van der Waals surface area contributed by atoms with Gasteiger partial charge in [-0.25, -0.2) is 4.39 Å². The third-order valence-corrected chi connectivity index (χ3v) is 5.12. The fourth-order valence-electron chi connectivity index (χ4n) is 2.43. The van der Waals surface area contributed by atoms with Gasteiger partial charge >= 0.3 is 0 Å². The van der Waals surface area contributed by atoms with E-state index >= 15 is 0 Å². The number of carbonyl (C=O) groups is 1. The molecular formula is C16H13ClFN3O3S. The second-order valence-electron chi connectivity index (χ2n) is 5.41. The van der Waals surface area contributed by atoms with Crippen molar-refractivity contribution in [3.8, 4) is 0 Å². The first-order valence-electron chi connectivity index (χ1n) is 7.18. The second-order valence-corrected chi connectivity index (χ2v) is 7.42. The number of sulfonamides is 1. The van der Waals surface area contributed by atoms with E-state index in [1.54, 1.807) is 18.2 Å². The minimum Gasteiger partial charge on any atom is -0.349 e. The van der Waals surface area contributed by atoms with Crippen LogP contribution in [0, 0.1) is 5.82 Å². The number of nitrogens with zero attached hydrogens (tertiary/aromatic N) is 2. The van der Waals surface area contributed by atoms with Gasteiger partial charge in [0.05, 0.1) is 12.2 Å². The molecule has 0 spiro atoms. The van der Waals surface area contributed by atoms with Gasteiger partial charge in [-0.2, -0.15) is 8.42 Å². The van der Waals surface area contributed by atoms with E-state index in [0.717, 1.165) is 6.07 Å². The number of anilines is 1. The van der Waals surface area contributed by atoms with E-state index in [-0.39, 0.29) is 28.0 Å². The molecule has 0 atom stereocenters. The molecule has 25 heavy (non-hydrogen) atoms. The average Bonchev–Trinajstić information content (AvgIpc) is 2.82. The number of benzene rings is 2. The molecule has 0 aromatic heterocycles. The first-order valence-corrected chi connectivity index (χ1v) is 9.00. The van der Waals surface area contributed by atoms with E-state index in [0.29, 0.717) is 5.56 Å². The highest BCUT2D eigenvalue weighted by molar-refractivity contribution is 7.90. The fourth-order valence-corrected chi connectivity index (χ4v) is 3.84. The third kappa shape index (κ3) is 3.49. The monoisotopic (exact) mass is 381 g/mol. The lowest BCUT2D eigenvalue weighted by atomic mass is 10.2. The summed E-state index contributed by atoms with van der Waals surface area (Å²) in [5, 5.41) is 2.64. The number of fused-ring (bicyclic) bond motifs is 1. The Morgan fingerprint density at radius 2 is 2.00 bits per heavy atom. The average molecular weight is 382 g/mol. The largest absolute Gasteiger partial charge is 0.349 e. The van der Waals surface area contributed by atoms with Crippen LogP contribution in [0.5, 0.6) is 0 Å². The SMILES string of the molecule is CN(CC(=O)Nc1ccc(Cl)cc1F)C1=NS(=O)(=O)c2ccccc21. The van der Waals surface area contributed by atoms with Crippen molar-refractivity contribution < 1.29 is 17.6 Å². The lowest BCUT2D eigenvalue weighted by Crippen LogP contribution is -2.35. The van der Waals surface area contributed by atoms with E-state index < -0.39 is 21.7 Å². The van der Waals surface area contributed by atoms with Crippen molar-refractivity contribution in [3.63, 3.8) is 0 Å².